The molecule has 0 unspecified atom stereocenters. The van der Waals surface area contributed by atoms with Crippen LogP contribution in [0.2, 0.25) is 0 Å². The van der Waals surface area contributed by atoms with E-state index in [1.165, 1.54) is 16.8 Å². The van der Waals surface area contributed by atoms with Crippen molar-refractivity contribution in [2.24, 2.45) is 0 Å². The summed E-state index contributed by atoms with van der Waals surface area (Å²) in [6, 6.07) is 6.56. The number of rotatable bonds is 9. The highest BCUT2D eigenvalue weighted by molar-refractivity contribution is 5.48. The highest BCUT2D eigenvalue weighted by atomic mass is 16.5. The van der Waals surface area contributed by atoms with Gasteiger partial charge in [-0.15, -0.1) is 0 Å². The fraction of sp³-hybridized carbons (Fsp3) is 0.600. The number of nitrogens with one attached hydrogen (secondary N) is 1. The van der Waals surface area contributed by atoms with E-state index in [4.69, 9.17) is 9.47 Å². The van der Waals surface area contributed by atoms with Gasteiger partial charge in [0.1, 0.15) is 0 Å². The van der Waals surface area contributed by atoms with E-state index in [2.05, 4.69) is 37.4 Å². The summed E-state index contributed by atoms with van der Waals surface area (Å²) >= 11 is 0. The van der Waals surface area contributed by atoms with Crippen molar-refractivity contribution in [3.05, 3.63) is 29.3 Å². The van der Waals surface area contributed by atoms with Gasteiger partial charge in [-0.3, -0.25) is 0 Å². The molecule has 0 bridgehead atoms. The molecule has 0 heterocycles. The third-order valence-electron chi connectivity index (χ3n) is 2.95. The molecule has 0 amide bonds. The minimum atomic E-state index is 0.672. The van der Waals surface area contributed by atoms with Crippen molar-refractivity contribution in [2.75, 3.05) is 38.8 Å². The first-order valence-electron chi connectivity index (χ1n) is 6.68. The smallest absolute Gasteiger partial charge is 0.0700 e. The number of hydrogen-bond donors (Lipinski definition) is 1. The number of hydrogen-bond acceptors (Lipinski definition) is 3. The number of ether oxygens (including phenoxy) is 2. The van der Waals surface area contributed by atoms with Crippen molar-refractivity contribution in [2.45, 2.75) is 26.7 Å². The van der Waals surface area contributed by atoms with Crippen molar-refractivity contribution in [1.82, 2.24) is 0 Å². The average molecular weight is 251 g/mol. The molecule has 0 radical (unpaired) electrons. The molecule has 0 saturated carbocycles. The Bertz CT molecular complexity index is 339. The molecule has 1 aromatic carbocycles. The lowest BCUT2D eigenvalue weighted by Gasteiger charge is -2.10. The summed E-state index contributed by atoms with van der Waals surface area (Å²) in [5, 5.41) is 3.42. The molecule has 0 aliphatic heterocycles. The van der Waals surface area contributed by atoms with Gasteiger partial charge in [0.15, 0.2) is 0 Å². The molecule has 0 aromatic heterocycles. The van der Waals surface area contributed by atoms with E-state index in [-0.39, 0.29) is 0 Å². The van der Waals surface area contributed by atoms with Crippen LogP contribution in [0.4, 0.5) is 5.69 Å². The maximum Gasteiger partial charge on any atom is 0.0700 e. The third-order valence-corrected chi connectivity index (χ3v) is 2.95. The van der Waals surface area contributed by atoms with E-state index in [0.717, 1.165) is 26.0 Å². The van der Waals surface area contributed by atoms with Gasteiger partial charge in [0.25, 0.3) is 0 Å². The SMILES string of the molecule is CCc1ccc(NCCCOCCOC)cc1C. The Morgan fingerprint density at radius 3 is 2.67 bits per heavy atom. The molecular weight excluding hydrogens is 226 g/mol. The van der Waals surface area contributed by atoms with Crippen molar-refractivity contribution >= 4 is 5.69 Å². The van der Waals surface area contributed by atoms with E-state index in [1.54, 1.807) is 7.11 Å². The van der Waals surface area contributed by atoms with Crippen molar-refractivity contribution < 1.29 is 9.47 Å². The molecule has 0 spiro atoms. The lowest BCUT2D eigenvalue weighted by atomic mass is 10.1. The van der Waals surface area contributed by atoms with Crippen LogP contribution in [0.25, 0.3) is 0 Å². The molecular formula is C15H25NO2. The third kappa shape index (κ3) is 5.52. The van der Waals surface area contributed by atoms with Gasteiger partial charge < -0.3 is 14.8 Å². The molecule has 0 atom stereocenters. The Morgan fingerprint density at radius 1 is 1.17 bits per heavy atom. The van der Waals surface area contributed by atoms with E-state index in [1.807, 2.05) is 0 Å². The van der Waals surface area contributed by atoms with Gasteiger partial charge in [-0.1, -0.05) is 13.0 Å². The van der Waals surface area contributed by atoms with Crippen LogP contribution in [0.1, 0.15) is 24.5 Å². The number of anilines is 1. The van der Waals surface area contributed by atoms with Crippen LogP contribution in [0.3, 0.4) is 0 Å². The minimum absolute atomic E-state index is 0.672. The summed E-state index contributed by atoms with van der Waals surface area (Å²) in [6.07, 6.45) is 2.11. The summed E-state index contributed by atoms with van der Waals surface area (Å²) in [5.74, 6) is 0. The number of methoxy groups -OCH3 is 1. The highest BCUT2D eigenvalue weighted by Crippen LogP contribution is 2.15. The lowest BCUT2D eigenvalue weighted by Crippen LogP contribution is -2.08. The molecule has 18 heavy (non-hydrogen) atoms. The van der Waals surface area contributed by atoms with Crippen molar-refractivity contribution in [1.29, 1.82) is 0 Å². The molecule has 1 aromatic rings. The van der Waals surface area contributed by atoms with Gasteiger partial charge >= 0.3 is 0 Å². The summed E-state index contributed by atoms with van der Waals surface area (Å²) in [7, 11) is 1.69. The van der Waals surface area contributed by atoms with Crippen LogP contribution in [-0.2, 0) is 15.9 Å². The van der Waals surface area contributed by atoms with Gasteiger partial charge in [0, 0.05) is 25.9 Å². The van der Waals surface area contributed by atoms with Crippen molar-refractivity contribution in [3.63, 3.8) is 0 Å². The zero-order chi connectivity index (χ0) is 13.2. The fourth-order valence-electron chi connectivity index (χ4n) is 1.85. The molecule has 0 aliphatic carbocycles. The topological polar surface area (TPSA) is 30.5 Å². The van der Waals surface area contributed by atoms with Gasteiger partial charge in [-0.25, -0.2) is 0 Å². The summed E-state index contributed by atoms with van der Waals surface area (Å²) in [5.41, 5.74) is 3.98. The predicted molar refractivity (Wildman–Crippen MR) is 76.4 cm³/mol. The zero-order valence-corrected chi connectivity index (χ0v) is 11.8. The van der Waals surface area contributed by atoms with Crippen LogP contribution < -0.4 is 5.32 Å². The monoisotopic (exact) mass is 251 g/mol. The molecule has 3 nitrogen and oxygen atoms in total. The van der Waals surface area contributed by atoms with E-state index < -0.39 is 0 Å². The Hall–Kier alpha value is -1.06. The highest BCUT2D eigenvalue weighted by Gasteiger charge is 1.97. The first kappa shape index (κ1) is 15.0. The maximum atomic E-state index is 5.41. The summed E-state index contributed by atoms with van der Waals surface area (Å²) < 4.78 is 10.3. The predicted octanol–water partition coefficient (Wildman–Crippen LogP) is 3.02. The Balaban J connectivity index is 2.17. The fourth-order valence-corrected chi connectivity index (χ4v) is 1.85. The average Bonchev–Trinajstić information content (AvgIpc) is 2.38. The second-order valence-electron chi connectivity index (χ2n) is 4.38. The van der Waals surface area contributed by atoms with Gasteiger partial charge in [-0.2, -0.15) is 0 Å². The van der Waals surface area contributed by atoms with Gasteiger partial charge in [-0.05, 0) is 43.0 Å². The molecule has 0 saturated heterocycles. The molecule has 1 N–H and O–H groups in total. The lowest BCUT2D eigenvalue weighted by molar-refractivity contribution is 0.0705. The molecule has 1 rings (SSSR count). The summed E-state index contributed by atoms with van der Waals surface area (Å²) in [6.45, 7) is 7.43. The van der Waals surface area contributed by atoms with Crippen LogP contribution in [0.5, 0.6) is 0 Å². The van der Waals surface area contributed by atoms with Crippen LogP contribution in [-0.4, -0.2) is 33.5 Å². The van der Waals surface area contributed by atoms with Crippen LogP contribution >= 0.6 is 0 Å². The Morgan fingerprint density at radius 2 is 2.00 bits per heavy atom. The standard InChI is InChI=1S/C15H25NO2/c1-4-14-6-7-15(12-13(14)2)16-8-5-9-18-11-10-17-3/h6-7,12,16H,4-5,8-11H2,1-3H3. The first-order valence-corrected chi connectivity index (χ1v) is 6.68. The molecule has 0 fully saturated rings. The zero-order valence-electron chi connectivity index (χ0n) is 11.8. The maximum absolute atomic E-state index is 5.41. The first-order chi connectivity index (χ1) is 8.77. The second kappa shape index (κ2) is 8.95. The van der Waals surface area contributed by atoms with E-state index >= 15 is 0 Å². The van der Waals surface area contributed by atoms with Crippen LogP contribution in [0, 0.1) is 6.92 Å². The Kier molecular flexibility index (Phi) is 7.46. The Labute approximate surface area is 110 Å². The van der Waals surface area contributed by atoms with Crippen LogP contribution in [0.15, 0.2) is 18.2 Å². The summed E-state index contributed by atoms with van der Waals surface area (Å²) in [4.78, 5) is 0. The second-order valence-corrected chi connectivity index (χ2v) is 4.38. The quantitative estimate of drug-likeness (QED) is 0.684. The van der Waals surface area contributed by atoms with Gasteiger partial charge in [0.05, 0.1) is 13.2 Å². The van der Waals surface area contributed by atoms with Gasteiger partial charge in [0.2, 0.25) is 0 Å². The minimum Gasteiger partial charge on any atom is -0.385 e. The van der Waals surface area contributed by atoms with E-state index in [0.29, 0.717) is 13.2 Å². The number of aryl methyl sites for hydroxylation is 2. The molecule has 3 heteroatoms. The normalized spacial score (nSPS) is 10.6. The largest absolute Gasteiger partial charge is 0.385 e. The van der Waals surface area contributed by atoms with Crippen molar-refractivity contribution in [3.8, 4) is 0 Å². The molecule has 102 valence electrons. The molecule has 0 aliphatic rings. The number of benzene rings is 1. The van der Waals surface area contributed by atoms with E-state index in [9.17, 15) is 0 Å².